The lowest BCUT2D eigenvalue weighted by Crippen LogP contribution is -2.40. The van der Waals surface area contributed by atoms with Crippen LogP contribution in [0.15, 0.2) is 0 Å². The Kier molecular flexibility index (Phi) is 2.49. The Hall–Kier alpha value is -0.0800. The average molecular weight is 129 g/mol. The van der Waals surface area contributed by atoms with Gasteiger partial charge in [0.25, 0.3) is 0 Å². The fourth-order valence-electron chi connectivity index (χ4n) is 1.21. The molecule has 2 atom stereocenters. The molecular formula is C7H15NO. The third-order valence-corrected chi connectivity index (χ3v) is 1.98. The van der Waals surface area contributed by atoms with E-state index < -0.39 is 0 Å². The number of hydrogen-bond acceptors (Lipinski definition) is 2. The summed E-state index contributed by atoms with van der Waals surface area (Å²) in [5.41, 5.74) is 0. The molecule has 0 aromatic heterocycles. The van der Waals surface area contributed by atoms with Crippen molar-refractivity contribution >= 4 is 0 Å². The Morgan fingerprint density at radius 1 is 1.56 bits per heavy atom. The number of rotatable bonds is 1. The van der Waals surface area contributed by atoms with Crippen molar-refractivity contribution in [3.05, 3.63) is 0 Å². The molecular weight excluding hydrogens is 114 g/mol. The second-order valence-electron chi connectivity index (χ2n) is 2.97. The van der Waals surface area contributed by atoms with E-state index in [1.54, 1.807) is 0 Å². The van der Waals surface area contributed by atoms with Crippen LogP contribution in [-0.4, -0.2) is 24.3 Å². The van der Waals surface area contributed by atoms with Crippen molar-refractivity contribution < 1.29 is 5.11 Å². The van der Waals surface area contributed by atoms with Crippen LogP contribution in [0.4, 0.5) is 0 Å². The molecule has 1 rings (SSSR count). The monoisotopic (exact) mass is 129 g/mol. The molecule has 0 aromatic rings. The highest BCUT2D eigenvalue weighted by Crippen LogP contribution is 2.12. The van der Waals surface area contributed by atoms with Crippen LogP contribution in [0.25, 0.3) is 0 Å². The number of nitrogens with one attached hydrogen (secondary N) is 1. The fraction of sp³-hybridized carbons (Fsp3) is 1.00. The van der Waals surface area contributed by atoms with Gasteiger partial charge in [0.15, 0.2) is 0 Å². The van der Waals surface area contributed by atoms with Gasteiger partial charge in [-0.25, -0.2) is 0 Å². The highest BCUT2D eigenvalue weighted by atomic mass is 16.3. The standard InChI is InChI=1S/C7H15NO/c1-6-2-3-7(5-9)8-4-6/h6-9H,2-5H2,1H3/t6-,7+/m0/s1. The molecule has 54 valence electrons. The van der Waals surface area contributed by atoms with Crippen molar-refractivity contribution in [2.45, 2.75) is 25.8 Å². The van der Waals surface area contributed by atoms with Crippen LogP contribution in [0.3, 0.4) is 0 Å². The van der Waals surface area contributed by atoms with Gasteiger partial charge in [0.05, 0.1) is 6.61 Å². The summed E-state index contributed by atoms with van der Waals surface area (Å²) in [5, 5.41) is 12.0. The topological polar surface area (TPSA) is 32.3 Å². The highest BCUT2D eigenvalue weighted by Gasteiger charge is 2.15. The largest absolute Gasteiger partial charge is 0.395 e. The molecule has 2 nitrogen and oxygen atoms in total. The second kappa shape index (κ2) is 3.18. The Labute approximate surface area is 56.3 Å². The average Bonchev–Trinajstić information content (AvgIpc) is 1.90. The van der Waals surface area contributed by atoms with Gasteiger partial charge in [-0.2, -0.15) is 0 Å². The Balaban J connectivity index is 2.18. The lowest BCUT2D eigenvalue weighted by molar-refractivity contribution is 0.203. The molecule has 0 radical (unpaired) electrons. The summed E-state index contributed by atoms with van der Waals surface area (Å²) in [6, 6.07) is 0.376. The van der Waals surface area contributed by atoms with Gasteiger partial charge >= 0.3 is 0 Å². The molecule has 1 heterocycles. The summed E-state index contributed by atoms with van der Waals surface area (Å²) in [4.78, 5) is 0. The number of aliphatic hydroxyl groups excluding tert-OH is 1. The molecule has 0 aromatic carbocycles. The molecule has 2 heteroatoms. The van der Waals surface area contributed by atoms with Crippen LogP contribution in [0.5, 0.6) is 0 Å². The van der Waals surface area contributed by atoms with Gasteiger partial charge in [-0.15, -0.1) is 0 Å². The molecule has 0 saturated carbocycles. The summed E-state index contributed by atoms with van der Waals surface area (Å²) in [5.74, 6) is 0.799. The van der Waals surface area contributed by atoms with Crippen molar-refractivity contribution in [1.29, 1.82) is 0 Å². The van der Waals surface area contributed by atoms with Crippen molar-refractivity contribution in [3.63, 3.8) is 0 Å². The van der Waals surface area contributed by atoms with E-state index in [1.807, 2.05) is 0 Å². The number of hydrogen-bond donors (Lipinski definition) is 2. The minimum Gasteiger partial charge on any atom is -0.395 e. The molecule has 0 spiro atoms. The predicted molar refractivity (Wildman–Crippen MR) is 37.3 cm³/mol. The summed E-state index contributed by atoms with van der Waals surface area (Å²) in [6.07, 6.45) is 2.40. The zero-order valence-corrected chi connectivity index (χ0v) is 5.93. The van der Waals surface area contributed by atoms with Gasteiger partial charge in [0.2, 0.25) is 0 Å². The van der Waals surface area contributed by atoms with Crippen LogP contribution in [0.1, 0.15) is 19.8 Å². The van der Waals surface area contributed by atoms with Crippen molar-refractivity contribution in [1.82, 2.24) is 5.32 Å². The molecule has 0 unspecified atom stereocenters. The van der Waals surface area contributed by atoms with Crippen molar-refractivity contribution in [2.24, 2.45) is 5.92 Å². The van der Waals surface area contributed by atoms with Crippen molar-refractivity contribution in [2.75, 3.05) is 13.2 Å². The van der Waals surface area contributed by atoms with Crippen LogP contribution in [0.2, 0.25) is 0 Å². The van der Waals surface area contributed by atoms with E-state index in [0.29, 0.717) is 12.6 Å². The van der Waals surface area contributed by atoms with E-state index >= 15 is 0 Å². The van der Waals surface area contributed by atoms with E-state index in [2.05, 4.69) is 12.2 Å². The van der Waals surface area contributed by atoms with Gasteiger partial charge in [0, 0.05) is 6.04 Å². The van der Waals surface area contributed by atoms with Crippen molar-refractivity contribution in [3.8, 4) is 0 Å². The molecule has 0 amide bonds. The van der Waals surface area contributed by atoms with Crippen LogP contribution < -0.4 is 5.32 Å². The van der Waals surface area contributed by atoms with E-state index in [-0.39, 0.29) is 0 Å². The van der Waals surface area contributed by atoms with Crippen LogP contribution in [0, 0.1) is 5.92 Å². The SMILES string of the molecule is C[C@H]1CC[C@H](CO)NC1. The quantitative estimate of drug-likeness (QED) is 0.536. The lowest BCUT2D eigenvalue weighted by Gasteiger charge is -2.25. The third-order valence-electron chi connectivity index (χ3n) is 1.98. The predicted octanol–water partition coefficient (Wildman–Crippen LogP) is 0.367. The summed E-state index contributed by atoms with van der Waals surface area (Å²) < 4.78 is 0. The van der Waals surface area contributed by atoms with E-state index in [9.17, 15) is 0 Å². The summed E-state index contributed by atoms with van der Waals surface area (Å²) >= 11 is 0. The van der Waals surface area contributed by atoms with Crippen LogP contribution in [-0.2, 0) is 0 Å². The van der Waals surface area contributed by atoms with Gasteiger partial charge in [0.1, 0.15) is 0 Å². The highest BCUT2D eigenvalue weighted by molar-refractivity contribution is 4.74. The zero-order chi connectivity index (χ0) is 6.69. The molecule has 0 bridgehead atoms. The first kappa shape index (κ1) is 7.03. The molecule has 1 aliphatic rings. The minimum atomic E-state index is 0.298. The smallest absolute Gasteiger partial charge is 0.0584 e. The maximum atomic E-state index is 8.71. The van der Waals surface area contributed by atoms with Gasteiger partial charge in [-0.05, 0) is 25.3 Å². The summed E-state index contributed by atoms with van der Waals surface area (Å²) in [6.45, 7) is 3.61. The Bertz CT molecular complexity index is 77.0. The van der Waals surface area contributed by atoms with Gasteiger partial charge < -0.3 is 10.4 Å². The van der Waals surface area contributed by atoms with E-state index in [4.69, 9.17) is 5.11 Å². The Morgan fingerprint density at radius 3 is 2.78 bits per heavy atom. The third kappa shape index (κ3) is 1.95. The normalized spacial score (nSPS) is 36.7. The van der Waals surface area contributed by atoms with Gasteiger partial charge in [-0.3, -0.25) is 0 Å². The molecule has 2 N–H and O–H groups in total. The zero-order valence-electron chi connectivity index (χ0n) is 5.93. The van der Waals surface area contributed by atoms with Crippen LogP contribution >= 0.6 is 0 Å². The Morgan fingerprint density at radius 2 is 2.33 bits per heavy atom. The first-order valence-electron chi connectivity index (χ1n) is 3.67. The second-order valence-corrected chi connectivity index (χ2v) is 2.97. The fourth-order valence-corrected chi connectivity index (χ4v) is 1.21. The van der Waals surface area contributed by atoms with Gasteiger partial charge in [-0.1, -0.05) is 6.92 Å². The maximum absolute atomic E-state index is 8.71. The van der Waals surface area contributed by atoms with E-state index in [0.717, 1.165) is 18.9 Å². The van der Waals surface area contributed by atoms with E-state index in [1.165, 1.54) is 6.42 Å². The lowest BCUT2D eigenvalue weighted by atomic mass is 9.97. The number of piperidine rings is 1. The first-order valence-corrected chi connectivity index (χ1v) is 3.67. The number of aliphatic hydroxyl groups is 1. The first-order chi connectivity index (χ1) is 4.33. The molecule has 1 aliphatic heterocycles. The summed E-state index contributed by atoms with van der Waals surface area (Å²) in [7, 11) is 0. The molecule has 1 fully saturated rings. The maximum Gasteiger partial charge on any atom is 0.0584 e. The molecule has 1 saturated heterocycles. The molecule has 9 heavy (non-hydrogen) atoms. The molecule has 0 aliphatic carbocycles. The minimum absolute atomic E-state index is 0.298.